The van der Waals surface area contributed by atoms with Crippen LogP contribution < -0.4 is 0 Å². The highest BCUT2D eigenvalue weighted by Crippen LogP contribution is 2.34. The van der Waals surface area contributed by atoms with Crippen molar-refractivity contribution in [3.05, 3.63) is 59.9 Å². The van der Waals surface area contributed by atoms with E-state index in [2.05, 4.69) is 4.98 Å². The number of nitrogens with zero attached hydrogens (tertiary/aromatic N) is 2. The van der Waals surface area contributed by atoms with Crippen LogP contribution in [0.5, 0.6) is 0 Å². The minimum Gasteiger partial charge on any atom is -0.481 e. The smallest absolute Gasteiger partial charge is 0.308 e. The zero-order valence-electron chi connectivity index (χ0n) is 13.3. The van der Waals surface area contributed by atoms with Crippen LogP contribution in [-0.4, -0.2) is 46.2 Å². The Balaban J connectivity index is 1.88. The first-order valence-corrected chi connectivity index (χ1v) is 8.89. The highest BCUT2D eigenvalue weighted by molar-refractivity contribution is 7.98. The van der Waals surface area contributed by atoms with Gasteiger partial charge < -0.3 is 10.0 Å². The van der Waals surface area contributed by atoms with E-state index in [0.717, 1.165) is 10.5 Å². The van der Waals surface area contributed by atoms with E-state index in [4.69, 9.17) is 0 Å². The lowest BCUT2D eigenvalue weighted by Gasteiger charge is -2.18. The van der Waals surface area contributed by atoms with Gasteiger partial charge in [-0.2, -0.15) is 0 Å². The lowest BCUT2D eigenvalue weighted by Crippen LogP contribution is -2.30. The zero-order valence-corrected chi connectivity index (χ0v) is 14.1. The Labute approximate surface area is 144 Å². The summed E-state index contributed by atoms with van der Waals surface area (Å²) in [6.07, 6.45) is 5.27. The van der Waals surface area contributed by atoms with E-state index in [1.54, 1.807) is 29.4 Å². The molecule has 0 saturated carbocycles. The Morgan fingerprint density at radius 2 is 2.00 bits per heavy atom. The lowest BCUT2D eigenvalue weighted by molar-refractivity contribution is -0.141. The molecule has 0 unspecified atom stereocenters. The second-order valence-corrected chi connectivity index (χ2v) is 6.60. The second kappa shape index (κ2) is 7.05. The van der Waals surface area contributed by atoms with E-state index in [1.807, 2.05) is 30.5 Å². The Morgan fingerprint density at radius 1 is 1.21 bits per heavy atom. The summed E-state index contributed by atoms with van der Waals surface area (Å²) in [4.78, 5) is 31.2. The van der Waals surface area contributed by atoms with Gasteiger partial charge in [0.1, 0.15) is 0 Å². The predicted octanol–water partition coefficient (Wildman–Crippen LogP) is 2.74. The number of carbonyl (C=O) groups is 2. The van der Waals surface area contributed by atoms with Crippen molar-refractivity contribution >= 4 is 23.6 Å². The first-order chi connectivity index (χ1) is 11.6. The first-order valence-electron chi connectivity index (χ1n) is 7.67. The summed E-state index contributed by atoms with van der Waals surface area (Å²) in [5.41, 5.74) is 1.49. The van der Waals surface area contributed by atoms with Crippen molar-refractivity contribution in [2.45, 2.75) is 10.8 Å². The molecule has 24 heavy (non-hydrogen) atoms. The highest BCUT2D eigenvalue weighted by atomic mass is 32.2. The van der Waals surface area contributed by atoms with Gasteiger partial charge in [0.2, 0.25) is 0 Å². The van der Waals surface area contributed by atoms with E-state index in [1.165, 1.54) is 11.8 Å². The van der Waals surface area contributed by atoms with Crippen LogP contribution in [0.2, 0.25) is 0 Å². The van der Waals surface area contributed by atoms with Gasteiger partial charge in [-0.1, -0.05) is 18.2 Å². The van der Waals surface area contributed by atoms with Crippen LogP contribution in [0.3, 0.4) is 0 Å². The van der Waals surface area contributed by atoms with Crippen molar-refractivity contribution in [1.29, 1.82) is 0 Å². The Hall–Kier alpha value is -2.34. The monoisotopic (exact) mass is 342 g/mol. The molecule has 3 rings (SSSR count). The molecular weight excluding hydrogens is 324 g/mol. The van der Waals surface area contributed by atoms with Gasteiger partial charge in [-0.3, -0.25) is 14.6 Å². The van der Waals surface area contributed by atoms with Crippen LogP contribution in [-0.2, 0) is 4.79 Å². The number of hydrogen-bond donors (Lipinski definition) is 1. The number of aliphatic carboxylic acids is 1. The van der Waals surface area contributed by atoms with Crippen molar-refractivity contribution in [1.82, 2.24) is 9.88 Å². The predicted molar refractivity (Wildman–Crippen MR) is 92.2 cm³/mol. The fourth-order valence-electron chi connectivity index (χ4n) is 3.14. The number of benzene rings is 1. The maximum Gasteiger partial charge on any atom is 0.308 e. The van der Waals surface area contributed by atoms with E-state index in [9.17, 15) is 14.7 Å². The molecule has 2 aromatic rings. The van der Waals surface area contributed by atoms with Gasteiger partial charge >= 0.3 is 5.97 Å². The van der Waals surface area contributed by atoms with Crippen molar-refractivity contribution in [3.63, 3.8) is 0 Å². The molecule has 2 atom stereocenters. The third kappa shape index (κ3) is 3.14. The SMILES string of the molecule is CSc1ccccc1C(=O)N1C[C@@H](C(=O)O)[C@H](c2cccnc2)C1. The molecule has 1 aliphatic heterocycles. The quantitative estimate of drug-likeness (QED) is 0.865. The topological polar surface area (TPSA) is 70.5 Å². The number of pyridine rings is 1. The van der Waals surface area contributed by atoms with Crippen molar-refractivity contribution in [3.8, 4) is 0 Å². The van der Waals surface area contributed by atoms with Crippen LogP contribution in [0.1, 0.15) is 21.8 Å². The minimum absolute atomic E-state index is 0.113. The van der Waals surface area contributed by atoms with Gasteiger partial charge in [0.05, 0.1) is 11.5 Å². The zero-order chi connectivity index (χ0) is 17.1. The van der Waals surface area contributed by atoms with Gasteiger partial charge in [0.15, 0.2) is 0 Å². The van der Waals surface area contributed by atoms with Crippen LogP contribution in [0.4, 0.5) is 0 Å². The molecule has 1 amide bonds. The number of carboxylic acids is 1. The van der Waals surface area contributed by atoms with E-state index in [-0.39, 0.29) is 18.4 Å². The number of hydrogen-bond acceptors (Lipinski definition) is 4. The molecule has 1 aromatic carbocycles. The first kappa shape index (κ1) is 16.5. The highest BCUT2D eigenvalue weighted by Gasteiger charge is 2.41. The number of amides is 1. The number of carboxylic acid groups (broad SMARTS) is 1. The summed E-state index contributed by atoms with van der Waals surface area (Å²) in [5, 5.41) is 9.55. The number of thioether (sulfide) groups is 1. The summed E-state index contributed by atoms with van der Waals surface area (Å²) in [7, 11) is 0. The number of rotatable bonds is 4. The van der Waals surface area contributed by atoms with Gasteiger partial charge in [-0.15, -0.1) is 11.8 Å². The standard InChI is InChI=1S/C18H18N2O3S/c1-24-16-7-3-2-6-13(16)17(21)20-10-14(15(11-20)18(22)23)12-5-4-8-19-9-12/h2-9,14-15H,10-11H2,1H3,(H,22,23)/t14-,15+/m0/s1. The van der Waals surface area contributed by atoms with Crippen molar-refractivity contribution in [2.24, 2.45) is 5.92 Å². The van der Waals surface area contributed by atoms with E-state index in [0.29, 0.717) is 12.1 Å². The molecule has 124 valence electrons. The number of aromatic nitrogens is 1. The number of carbonyl (C=O) groups excluding carboxylic acids is 1. The van der Waals surface area contributed by atoms with Gasteiger partial charge in [0, 0.05) is 36.3 Å². The summed E-state index contributed by atoms with van der Waals surface area (Å²) in [6, 6.07) is 11.1. The Bertz CT molecular complexity index is 751. The maximum absolute atomic E-state index is 12.9. The largest absolute Gasteiger partial charge is 0.481 e. The third-order valence-corrected chi connectivity index (χ3v) is 5.17. The van der Waals surface area contributed by atoms with Crippen LogP contribution >= 0.6 is 11.8 Å². The molecule has 1 fully saturated rings. The van der Waals surface area contributed by atoms with Gasteiger partial charge in [0.25, 0.3) is 5.91 Å². The normalized spacial score (nSPS) is 20.1. The fourth-order valence-corrected chi connectivity index (χ4v) is 3.73. The molecule has 0 radical (unpaired) electrons. The molecule has 0 spiro atoms. The molecule has 6 heteroatoms. The van der Waals surface area contributed by atoms with Gasteiger partial charge in [-0.25, -0.2) is 0 Å². The van der Waals surface area contributed by atoms with Crippen LogP contribution in [0, 0.1) is 5.92 Å². The van der Waals surface area contributed by atoms with Crippen LogP contribution in [0.15, 0.2) is 53.7 Å². The summed E-state index contributed by atoms with van der Waals surface area (Å²) < 4.78 is 0. The molecular formula is C18H18N2O3S. The molecule has 1 N–H and O–H groups in total. The Kier molecular flexibility index (Phi) is 4.85. The number of likely N-dealkylation sites (tertiary alicyclic amines) is 1. The van der Waals surface area contributed by atoms with Crippen molar-refractivity contribution < 1.29 is 14.7 Å². The maximum atomic E-state index is 12.9. The molecule has 1 aromatic heterocycles. The molecule has 1 saturated heterocycles. The summed E-state index contributed by atoms with van der Waals surface area (Å²) >= 11 is 1.51. The van der Waals surface area contributed by atoms with Gasteiger partial charge in [-0.05, 0) is 30.0 Å². The van der Waals surface area contributed by atoms with E-state index >= 15 is 0 Å². The van der Waals surface area contributed by atoms with E-state index < -0.39 is 11.9 Å². The fraction of sp³-hybridized carbons (Fsp3) is 0.278. The summed E-state index contributed by atoms with van der Waals surface area (Å²) in [5.74, 6) is -1.84. The minimum atomic E-state index is -0.877. The average molecular weight is 342 g/mol. The average Bonchev–Trinajstić information content (AvgIpc) is 3.07. The molecule has 1 aliphatic rings. The molecule has 2 heterocycles. The lowest BCUT2D eigenvalue weighted by atomic mass is 9.90. The molecule has 0 bridgehead atoms. The summed E-state index contributed by atoms with van der Waals surface area (Å²) in [6.45, 7) is 0.612. The third-order valence-electron chi connectivity index (χ3n) is 4.37. The molecule has 0 aliphatic carbocycles. The van der Waals surface area contributed by atoms with Crippen LogP contribution in [0.25, 0.3) is 0 Å². The van der Waals surface area contributed by atoms with Crippen molar-refractivity contribution in [2.75, 3.05) is 19.3 Å². The Morgan fingerprint density at radius 3 is 2.67 bits per heavy atom. The molecule has 5 nitrogen and oxygen atoms in total. The second-order valence-electron chi connectivity index (χ2n) is 5.75.